The predicted molar refractivity (Wildman–Crippen MR) is 92.1 cm³/mol. The number of aryl methyl sites for hydroxylation is 2. The maximum Gasteiger partial charge on any atom is 0.320 e. The molecule has 2 aromatic rings. The standard InChI is InChI=1S/C16H23N5OS/c1-10(15-18-11(2)9-23-15)8-17-16(22)19-14-7-13(20-21(14)3)12-5-4-6-12/h7,9-10,12H,4-6,8H2,1-3H3,(H2,17,19,22)/t10-/m0/s1. The SMILES string of the molecule is Cc1csc([C@@H](C)CNC(=O)Nc2cc(C3CCC3)nn2C)n1. The molecule has 0 aromatic carbocycles. The fourth-order valence-electron chi connectivity index (χ4n) is 2.60. The minimum absolute atomic E-state index is 0.201. The lowest BCUT2D eigenvalue weighted by Crippen LogP contribution is -2.32. The summed E-state index contributed by atoms with van der Waals surface area (Å²) in [5.41, 5.74) is 2.11. The van der Waals surface area contributed by atoms with Crippen molar-refractivity contribution >= 4 is 23.2 Å². The summed E-state index contributed by atoms with van der Waals surface area (Å²) in [6.45, 7) is 4.61. The van der Waals surface area contributed by atoms with Crippen molar-refractivity contribution in [3.8, 4) is 0 Å². The minimum atomic E-state index is -0.201. The molecule has 0 radical (unpaired) electrons. The summed E-state index contributed by atoms with van der Waals surface area (Å²) in [6.07, 6.45) is 3.68. The maximum atomic E-state index is 12.1. The van der Waals surface area contributed by atoms with Crippen LogP contribution in [-0.2, 0) is 7.05 Å². The number of thiazole rings is 1. The van der Waals surface area contributed by atoms with Crippen molar-refractivity contribution in [2.75, 3.05) is 11.9 Å². The lowest BCUT2D eigenvalue weighted by molar-refractivity contribution is 0.251. The molecule has 2 aromatic heterocycles. The van der Waals surface area contributed by atoms with Crippen LogP contribution in [0.2, 0.25) is 0 Å². The molecule has 1 fully saturated rings. The minimum Gasteiger partial charge on any atom is -0.337 e. The van der Waals surface area contributed by atoms with Gasteiger partial charge in [0.1, 0.15) is 5.82 Å². The second kappa shape index (κ2) is 6.70. The van der Waals surface area contributed by atoms with E-state index in [9.17, 15) is 4.79 Å². The Bertz CT molecular complexity index is 688. The van der Waals surface area contributed by atoms with E-state index in [0.29, 0.717) is 12.5 Å². The van der Waals surface area contributed by atoms with E-state index in [1.54, 1.807) is 16.0 Å². The molecule has 0 aliphatic heterocycles. The van der Waals surface area contributed by atoms with Gasteiger partial charge in [-0.15, -0.1) is 11.3 Å². The molecule has 7 heteroatoms. The lowest BCUT2D eigenvalue weighted by atomic mass is 9.83. The topological polar surface area (TPSA) is 71.8 Å². The number of hydrogen-bond donors (Lipinski definition) is 2. The molecule has 6 nitrogen and oxygen atoms in total. The van der Waals surface area contributed by atoms with Crippen molar-refractivity contribution in [1.29, 1.82) is 0 Å². The zero-order valence-electron chi connectivity index (χ0n) is 13.8. The fraction of sp³-hybridized carbons (Fsp3) is 0.562. The third kappa shape index (κ3) is 3.72. The summed E-state index contributed by atoms with van der Waals surface area (Å²) in [6, 6.07) is 1.78. The molecule has 0 unspecified atom stereocenters. The van der Waals surface area contributed by atoms with Gasteiger partial charge < -0.3 is 5.32 Å². The Labute approximate surface area is 140 Å². The van der Waals surface area contributed by atoms with Gasteiger partial charge in [0.2, 0.25) is 0 Å². The van der Waals surface area contributed by atoms with Gasteiger partial charge in [0.15, 0.2) is 0 Å². The highest BCUT2D eigenvalue weighted by Gasteiger charge is 2.23. The number of nitrogens with zero attached hydrogens (tertiary/aromatic N) is 3. The van der Waals surface area contributed by atoms with Gasteiger partial charge in [0, 0.05) is 42.6 Å². The van der Waals surface area contributed by atoms with Crippen molar-refractivity contribution in [2.24, 2.45) is 7.05 Å². The smallest absolute Gasteiger partial charge is 0.320 e. The van der Waals surface area contributed by atoms with Crippen LogP contribution in [0.3, 0.4) is 0 Å². The number of amides is 2. The molecule has 1 aliphatic carbocycles. The van der Waals surface area contributed by atoms with Gasteiger partial charge in [-0.1, -0.05) is 13.3 Å². The Morgan fingerprint density at radius 2 is 2.30 bits per heavy atom. The molecule has 23 heavy (non-hydrogen) atoms. The highest BCUT2D eigenvalue weighted by molar-refractivity contribution is 7.09. The van der Waals surface area contributed by atoms with Crippen molar-refractivity contribution in [2.45, 2.75) is 44.9 Å². The zero-order valence-corrected chi connectivity index (χ0v) is 14.6. The average molecular weight is 333 g/mol. The third-order valence-corrected chi connectivity index (χ3v) is 5.49. The number of carbonyl (C=O) groups is 1. The normalized spacial score (nSPS) is 16.0. The molecule has 1 saturated carbocycles. The molecule has 0 bridgehead atoms. The van der Waals surface area contributed by atoms with Gasteiger partial charge in [-0.25, -0.2) is 9.78 Å². The van der Waals surface area contributed by atoms with Gasteiger partial charge in [-0.2, -0.15) is 5.10 Å². The number of carbonyl (C=O) groups excluding carboxylic acids is 1. The second-order valence-corrected chi connectivity index (χ2v) is 7.16. The molecule has 1 aliphatic rings. The van der Waals surface area contributed by atoms with Crippen molar-refractivity contribution < 1.29 is 4.79 Å². The molecule has 2 heterocycles. The van der Waals surface area contributed by atoms with E-state index in [4.69, 9.17) is 0 Å². The van der Waals surface area contributed by atoms with E-state index in [1.807, 2.05) is 25.4 Å². The van der Waals surface area contributed by atoms with Crippen molar-refractivity contribution in [3.63, 3.8) is 0 Å². The highest BCUT2D eigenvalue weighted by Crippen LogP contribution is 2.36. The molecule has 124 valence electrons. The summed E-state index contributed by atoms with van der Waals surface area (Å²) in [5.74, 6) is 1.51. The number of rotatable bonds is 5. The summed E-state index contributed by atoms with van der Waals surface area (Å²) in [5, 5.41) is 13.4. The zero-order chi connectivity index (χ0) is 16.4. The van der Waals surface area contributed by atoms with Crippen LogP contribution in [0.1, 0.15) is 54.4 Å². The molecule has 0 saturated heterocycles. The van der Waals surface area contributed by atoms with Gasteiger partial charge in [0.25, 0.3) is 0 Å². The van der Waals surface area contributed by atoms with E-state index in [2.05, 4.69) is 27.6 Å². The van der Waals surface area contributed by atoms with Crippen LogP contribution in [-0.4, -0.2) is 27.3 Å². The summed E-state index contributed by atoms with van der Waals surface area (Å²) in [4.78, 5) is 16.5. The van der Waals surface area contributed by atoms with Gasteiger partial charge in [-0.3, -0.25) is 10.00 Å². The number of anilines is 1. The predicted octanol–water partition coefficient (Wildman–Crippen LogP) is 3.38. The van der Waals surface area contributed by atoms with E-state index in [-0.39, 0.29) is 11.9 Å². The van der Waals surface area contributed by atoms with E-state index >= 15 is 0 Å². The molecule has 0 spiro atoms. The van der Waals surface area contributed by atoms with E-state index in [1.165, 1.54) is 19.3 Å². The van der Waals surface area contributed by atoms with Crippen molar-refractivity contribution in [1.82, 2.24) is 20.1 Å². The van der Waals surface area contributed by atoms with Crippen LogP contribution in [0.15, 0.2) is 11.4 Å². The first-order valence-electron chi connectivity index (χ1n) is 8.03. The van der Waals surface area contributed by atoms with Crippen LogP contribution < -0.4 is 10.6 Å². The van der Waals surface area contributed by atoms with Gasteiger partial charge >= 0.3 is 6.03 Å². The van der Waals surface area contributed by atoms with E-state index in [0.717, 1.165) is 22.2 Å². The van der Waals surface area contributed by atoms with E-state index < -0.39 is 0 Å². The van der Waals surface area contributed by atoms with Crippen LogP contribution in [0.25, 0.3) is 0 Å². The van der Waals surface area contributed by atoms with Crippen LogP contribution in [0.4, 0.5) is 10.6 Å². The molecular formula is C16H23N5OS. The van der Waals surface area contributed by atoms with Crippen LogP contribution in [0.5, 0.6) is 0 Å². The number of hydrogen-bond acceptors (Lipinski definition) is 4. The molecule has 2 amide bonds. The first-order chi connectivity index (χ1) is 11.0. The Balaban J connectivity index is 1.52. The van der Waals surface area contributed by atoms with Crippen LogP contribution >= 0.6 is 11.3 Å². The molecular weight excluding hydrogens is 310 g/mol. The Kier molecular flexibility index (Phi) is 4.66. The fourth-order valence-corrected chi connectivity index (χ4v) is 3.46. The second-order valence-electron chi connectivity index (χ2n) is 6.27. The largest absolute Gasteiger partial charge is 0.337 e. The summed E-state index contributed by atoms with van der Waals surface area (Å²) in [7, 11) is 1.86. The van der Waals surface area contributed by atoms with Gasteiger partial charge in [-0.05, 0) is 19.8 Å². The Hall–Kier alpha value is -1.89. The number of urea groups is 1. The summed E-state index contributed by atoms with van der Waals surface area (Å²) >= 11 is 1.63. The number of aromatic nitrogens is 3. The van der Waals surface area contributed by atoms with Crippen LogP contribution in [0, 0.1) is 6.92 Å². The molecule has 1 atom stereocenters. The summed E-state index contributed by atoms with van der Waals surface area (Å²) < 4.78 is 1.74. The van der Waals surface area contributed by atoms with Gasteiger partial charge in [0.05, 0.1) is 10.7 Å². The molecule has 3 rings (SSSR count). The quantitative estimate of drug-likeness (QED) is 0.881. The number of nitrogens with one attached hydrogen (secondary N) is 2. The maximum absolute atomic E-state index is 12.1. The monoisotopic (exact) mass is 333 g/mol. The third-order valence-electron chi connectivity index (χ3n) is 4.29. The molecule has 2 N–H and O–H groups in total. The Morgan fingerprint density at radius 3 is 2.91 bits per heavy atom. The lowest BCUT2D eigenvalue weighted by Gasteiger charge is -2.22. The Morgan fingerprint density at radius 1 is 1.52 bits per heavy atom. The highest BCUT2D eigenvalue weighted by atomic mass is 32.1. The first-order valence-corrected chi connectivity index (χ1v) is 8.91. The first kappa shape index (κ1) is 16.0. The van der Waals surface area contributed by atoms with Crippen molar-refractivity contribution in [3.05, 3.63) is 27.8 Å². The average Bonchev–Trinajstić information content (AvgIpc) is 3.02.